The molecule has 1 heterocycles. The second kappa shape index (κ2) is 29.9. The number of epoxide rings is 1. The Bertz CT molecular complexity index is 899. The molecule has 0 bridgehead atoms. The molecule has 3 atom stereocenters. The number of aliphatic hydroxyl groups excluding tert-OH is 1. The molecule has 0 spiro atoms. The smallest absolute Gasteiger partial charge is 0.306 e. The zero-order valence-corrected chi connectivity index (χ0v) is 29.4. The van der Waals surface area contributed by atoms with Crippen LogP contribution in [0.5, 0.6) is 0 Å². The van der Waals surface area contributed by atoms with Gasteiger partial charge in [-0.3, -0.25) is 9.59 Å². The van der Waals surface area contributed by atoms with Gasteiger partial charge in [-0.25, -0.2) is 0 Å². The van der Waals surface area contributed by atoms with E-state index in [0.717, 1.165) is 63.7 Å². The number of ether oxygens (including phenoxy) is 3. The van der Waals surface area contributed by atoms with Crippen LogP contribution in [0.4, 0.5) is 0 Å². The van der Waals surface area contributed by atoms with Crippen molar-refractivity contribution in [3.05, 3.63) is 60.8 Å². The number of unbranched alkanes of at least 4 members (excludes halogenated alkanes) is 8. The van der Waals surface area contributed by atoms with Crippen LogP contribution in [-0.2, 0) is 23.8 Å². The van der Waals surface area contributed by atoms with Crippen LogP contribution >= 0.6 is 0 Å². The van der Waals surface area contributed by atoms with Crippen molar-refractivity contribution in [2.75, 3.05) is 13.2 Å². The van der Waals surface area contributed by atoms with Crippen molar-refractivity contribution in [3.63, 3.8) is 0 Å². The molecule has 0 amide bonds. The van der Waals surface area contributed by atoms with Gasteiger partial charge in [0.2, 0.25) is 0 Å². The van der Waals surface area contributed by atoms with E-state index < -0.39 is 6.10 Å². The second-order valence-electron chi connectivity index (χ2n) is 12.8. The molecule has 1 aliphatic rings. The molecule has 0 saturated carbocycles. The first-order valence-electron chi connectivity index (χ1n) is 18.3. The maximum absolute atomic E-state index is 11.9. The number of allylic oxidation sites excluding steroid dienone is 8. The molecule has 6 nitrogen and oxygen atoms in total. The summed E-state index contributed by atoms with van der Waals surface area (Å²) >= 11 is 0. The highest BCUT2D eigenvalue weighted by molar-refractivity contribution is 5.70. The zero-order chi connectivity index (χ0) is 33.5. The van der Waals surface area contributed by atoms with Crippen molar-refractivity contribution in [1.82, 2.24) is 0 Å². The Morgan fingerprint density at radius 1 is 0.630 bits per heavy atom. The highest BCUT2D eigenvalue weighted by Gasteiger charge is 2.35. The Kier molecular flexibility index (Phi) is 27.1. The quantitative estimate of drug-likeness (QED) is 0.0363. The molecule has 1 N–H and O–H groups in total. The predicted molar refractivity (Wildman–Crippen MR) is 191 cm³/mol. The maximum Gasteiger partial charge on any atom is 0.306 e. The van der Waals surface area contributed by atoms with Gasteiger partial charge in [0.15, 0.2) is 0 Å². The minimum absolute atomic E-state index is 0.144. The molecular weight excluding hydrogens is 576 g/mol. The number of hydrogen-bond donors (Lipinski definition) is 1. The van der Waals surface area contributed by atoms with E-state index in [1.165, 1.54) is 44.9 Å². The van der Waals surface area contributed by atoms with Crippen molar-refractivity contribution >= 4 is 11.9 Å². The minimum atomic E-state index is -0.998. The van der Waals surface area contributed by atoms with Crippen molar-refractivity contribution < 1.29 is 28.9 Å². The third-order valence-corrected chi connectivity index (χ3v) is 7.86. The fourth-order valence-corrected chi connectivity index (χ4v) is 4.98. The highest BCUT2D eigenvalue weighted by atomic mass is 16.6. The fraction of sp³-hybridized carbons (Fsp3) is 0.700. The van der Waals surface area contributed by atoms with Crippen molar-refractivity contribution in [2.24, 2.45) is 5.92 Å². The first-order chi connectivity index (χ1) is 22.4. The van der Waals surface area contributed by atoms with Crippen LogP contribution in [0.1, 0.15) is 143 Å². The molecule has 0 aromatic rings. The van der Waals surface area contributed by atoms with E-state index in [0.29, 0.717) is 25.0 Å². The summed E-state index contributed by atoms with van der Waals surface area (Å²) in [5.41, 5.74) is 0. The van der Waals surface area contributed by atoms with Crippen LogP contribution in [0, 0.1) is 5.92 Å². The third-order valence-electron chi connectivity index (χ3n) is 7.86. The monoisotopic (exact) mass is 642 g/mol. The molecule has 0 aromatic heterocycles. The number of carbonyl (C=O) groups excluding carboxylic acids is 2. The fourth-order valence-electron chi connectivity index (χ4n) is 4.98. The van der Waals surface area contributed by atoms with Gasteiger partial charge in [-0.1, -0.05) is 139 Å². The summed E-state index contributed by atoms with van der Waals surface area (Å²) in [4.78, 5) is 23.8. The van der Waals surface area contributed by atoms with Gasteiger partial charge in [-0.2, -0.15) is 0 Å². The summed E-state index contributed by atoms with van der Waals surface area (Å²) in [5.74, 6) is 0.142. The van der Waals surface area contributed by atoms with Crippen molar-refractivity contribution in [1.29, 1.82) is 0 Å². The minimum Gasteiger partial charge on any atom is -0.463 e. The summed E-state index contributed by atoms with van der Waals surface area (Å²) in [6, 6.07) is 0. The molecule has 1 saturated heterocycles. The van der Waals surface area contributed by atoms with E-state index in [9.17, 15) is 14.7 Å². The zero-order valence-electron chi connectivity index (χ0n) is 29.4. The van der Waals surface area contributed by atoms with Crippen molar-refractivity contribution in [2.45, 2.75) is 161 Å². The van der Waals surface area contributed by atoms with Gasteiger partial charge in [0.25, 0.3) is 0 Å². The molecule has 0 aliphatic carbocycles. The van der Waals surface area contributed by atoms with Crippen molar-refractivity contribution in [3.8, 4) is 0 Å². The average molecular weight is 643 g/mol. The van der Waals surface area contributed by atoms with E-state index in [2.05, 4.69) is 69.4 Å². The molecule has 6 heteroatoms. The van der Waals surface area contributed by atoms with E-state index in [1.54, 1.807) is 0 Å². The Morgan fingerprint density at radius 3 is 1.63 bits per heavy atom. The van der Waals surface area contributed by atoms with Gasteiger partial charge < -0.3 is 19.3 Å². The van der Waals surface area contributed by atoms with Crippen LogP contribution in [0.15, 0.2) is 60.8 Å². The van der Waals surface area contributed by atoms with E-state index in [-0.39, 0.29) is 31.6 Å². The van der Waals surface area contributed by atoms with Gasteiger partial charge in [0, 0.05) is 12.8 Å². The molecule has 46 heavy (non-hydrogen) atoms. The summed E-state index contributed by atoms with van der Waals surface area (Å²) in [7, 11) is 0. The maximum atomic E-state index is 11.9. The van der Waals surface area contributed by atoms with E-state index in [4.69, 9.17) is 14.2 Å². The molecule has 0 radical (unpaired) electrons. The molecule has 262 valence electrons. The largest absolute Gasteiger partial charge is 0.463 e. The molecule has 0 aromatic carbocycles. The summed E-state index contributed by atoms with van der Waals surface area (Å²) in [5, 5.41) is 9.97. The topological polar surface area (TPSA) is 85.4 Å². The SMILES string of the molecule is CC/C=C\CC1OC1C/C=C\C/C=C\C/C=C\C/C=C\CCC(=O)OC[C@H](O)COC(=O)CCCCCCCCCCCC(C)C. The number of hydrogen-bond acceptors (Lipinski definition) is 6. The highest BCUT2D eigenvalue weighted by Crippen LogP contribution is 2.29. The Balaban J connectivity index is 1.90. The first kappa shape index (κ1) is 41.6. The number of aliphatic hydroxyl groups is 1. The van der Waals surface area contributed by atoms with Crippen LogP contribution in [0.25, 0.3) is 0 Å². The second-order valence-corrected chi connectivity index (χ2v) is 12.8. The van der Waals surface area contributed by atoms with E-state index >= 15 is 0 Å². The summed E-state index contributed by atoms with van der Waals surface area (Å²) in [6.45, 7) is 6.41. The lowest BCUT2D eigenvalue weighted by atomic mass is 10.0. The lowest BCUT2D eigenvalue weighted by Crippen LogP contribution is -2.25. The van der Waals surface area contributed by atoms with Crippen LogP contribution in [0.2, 0.25) is 0 Å². The van der Waals surface area contributed by atoms with Crippen LogP contribution in [0.3, 0.4) is 0 Å². The number of rotatable bonds is 30. The van der Waals surface area contributed by atoms with Crippen LogP contribution in [-0.4, -0.2) is 48.6 Å². The molecule has 1 rings (SSSR count). The van der Waals surface area contributed by atoms with Gasteiger partial charge in [0.05, 0.1) is 12.2 Å². The Labute approximate surface area is 281 Å². The first-order valence-corrected chi connectivity index (χ1v) is 18.3. The summed E-state index contributed by atoms with van der Waals surface area (Å²) < 4.78 is 15.9. The molecule has 2 unspecified atom stereocenters. The van der Waals surface area contributed by atoms with E-state index in [1.807, 2.05) is 12.2 Å². The molecule has 1 aliphatic heterocycles. The van der Waals surface area contributed by atoms with Crippen LogP contribution < -0.4 is 0 Å². The van der Waals surface area contributed by atoms with Gasteiger partial charge in [0.1, 0.15) is 19.3 Å². The normalized spacial score (nSPS) is 17.4. The Morgan fingerprint density at radius 2 is 1.09 bits per heavy atom. The molecule has 1 fully saturated rings. The standard InChI is InChI=1S/C40H66O6/c1-4-5-23-29-37-38(46-37)30-25-20-16-12-8-6-7-9-13-17-21-26-31-39(42)44-33-36(41)34-45-40(43)32-27-22-18-14-10-11-15-19-24-28-35(2)3/h5,7-9,12,17,20-21,23,25,35-38,41H,4,6,10-11,13-16,18-19,22,24,26-34H2,1-3H3/b9-7-,12-8-,21-17-,23-5-,25-20-/t36-,37?,38?/m0/s1. The predicted octanol–water partition coefficient (Wildman–Crippen LogP) is 10.1. The summed E-state index contributed by atoms with van der Waals surface area (Å²) in [6.07, 6.45) is 40.4. The van der Waals surface area contributed by atoms with Gasteiger partial charge in [-0.05, 0) is 57.3 Å². The number of esters is 2. The lowest BCUT2D eigenvalue weighted by molar-refractivity contribution is -0.152. The Hall–Kier alpha value is -2.44. The average Bonchev–Trinajstić information content (AvgIpc) is 3.79. The molecular formula is C40H66O6. The van der Waals surface area contributed by atoms with Gasteiger partial charge in [-0.15, -0.1) is 0 Å². The lowest BCUT2D eigenvalue weighted by Gasteiger charge is -2.12. The number of carbonyl (C=O) groups is 2. The third kappa shape index (κ3) is 27.8. The van der Waals surface area contributed by atoms with Gasteiger partial charge >= 0.3 is 11.9 Å².